The van der Waals surface area contributed by atoms with Crippen LogP contribution in [-0.2, 0) is 0 Å². The van der Waals surface area contributed by atoms with Gasteiger partial charge in [-0.15, -0.1) is 0 Å². The second-order valence-corrected chi connectivity index (χ2v) is 3.05. The molecule has 84 valence electrons. The summed E-state index contributed by atoms with van der Waals surface area (Å²) >= 11 is 0. The van der Waals surface area contributed by atoms with Crippen LogP contribution in [0.4, 0.5) is 11.4 Å². The minimum absolute atomic E-state index is 0.0699. The number of nitrogens with two attached hydrogens (primary N) is 3. The summed E-state index contributed by atoms with van der Waals surface area (Å²) in [6.45, 7) is -0.0699. The molecule has 0 atom stereocenters. The molecule has 16 heavy (non-hydrogen) atoms. The summed E-state index contributed by atoms with van der Waals surface area (Å²) in [6.07, 6.45) is -0.254. The highest BCUT2D eigenvalue weighted by Gasteiger charge is 2.14. The number of ketones is 1. The third-order valence-electron chi connectivity index (χ3n) is 1.94. The van der Waals surface area contributed by atoms with Gasteiger partial charge in [0.15, 0.2) is 5.78 Å². The highest BCUT2D eigenvalue weighted by atomic mass is 16.5. The van der Waals surface area contributed by atoms with Crippen molar-refractivity contribution in [2.75, 3.05) is 18.2 Å². The van der Waals surface area contributed by atoms with Crippen molar-refractivity contribution >= 4 is 17.2 Å². The highest BCUT2D eigenvalue weighted by molar-refractivity contribution is 6.03. The molecule has 6 heteroatoms. The number of Topliss-reactive ketones (excluding diaryl/α,β-unsaturated/α-hetero) is 1. The molecule has 0 heterocycles. The van der Waals surface area contributed by atoms with E-state index < -0.39 is 5.78 Å². The number of hydrogen-bond donors (Lipinski definition) is 3. The van der Waals surface area contributed by atoms with Crippen LogP contribution >= 0.6 is 0 Å². The van der Waals surface area contributed by atoms with Gasteiger partial charge in [0.1, 0.15) is 12.5 Å². The van der Waals surface area contributed by atoms with Gasteiger partial charge < -0.3 is 16.2 Å². The number of nitriles is 1. The quantitative estimate of drug-likeness (QED) is 0.379. The molecule has 1 rings (SSSR count). The normalized spacial score (nSPS) is 9.50. The molecule has 0 aliphatic heterocycles. The monoisotopic (exact) mass is 220 g/mol. The zero-order valence-corrected chi connectivity index (χ0v) is 8.56. The van der Waals surface area contributed by atoms with E-state index in [1.807, 2.05) is 0 Å². The molecular formula is C10H12N4O2. The van der Waals surface area contributed by atoms with Crippen molar-refractivity contribution in [3.63, 3.8) is 0 Å². The van der Waals surface area contributed by atoms with Gasteiger partial charge in [-0.05, 0) is 6.07 Å². The fraction of sp³-hybridized carbons (Fsp3) is 0.200. The zero-order chi connectivity index (χ0) is 12.1. The van der Waals surface area contributed by atoms with Crippen molar-refractivity contribution < 1.29 is 9.53 Å². The number of ether oxygens (including phenoxy) is 1. The first-order chi connectivity index (χ1) is 7.60. The lowest BCUT2D eigenvalue weighted by Gasteiger charge is -2.11. The molecule has 0 bridgehead atoms. The minimum Gasteiger partial charge on any atom is -0.476 e. The van der Waals surface area contributed by atoms with Gasteiger partial charge in [0.05, 0.1) is 18.2 Å². The summed E-state index contributed by atoms with van der Waals surface area (Å²) in [4.78, 5) is 11.5. The maximum atomic E-state index is 11.5. The lowest BCUT2D eigenvalue weighted by Crippen LogP contribution is -2.11. The van der Waals surface area contributed by atoms with E-state index in [1.165, 1.54) is 12.1 Å². The number of benzene rings is 1. The van der Waals surface area contributed by atoms with Crippen LogP contribution in [0.15, 0.2) is 12.1 Å². The van der Waals surface area contributed by atoms with E-state index in [1.54, 1.807) is 6.07 Å². The summed E-state index contributed by atoms with van der Waals surface area (Å²) in [5.41, 5.74) is 17.2. The SMILES string of the molecule is N#CCC(=O)c1cc(N)cc(OCN)c1N. The molecule has 0 saturated heterocycles. The molecule has 6 N–H and O–H groups in total. The third-order valence-corrected chi connectivity index (χ3v) is 1.94. The Labute approximate surface area is 92.6 Å². The predicted octanol–water partition coefficient (Wildman–Crippen LogP) is 0.242. The van der Waals surface area contributed by atoms with Crippen molar-refractivity contribution in [3.8, 4) is 11.8 Å². The Morgan fingerprint density at radius 2 is 2.12 bits per heavy atom. The van der Waals surface area contributed by atoms with Gasteiger partial charge in [0.2, 0.25) is 0 Å². The van der Waals surface area contributed by atoms with E-state index in [-0.39, 0.29) is 30.2 Å². The molecule has 0 radical (unpaired) electrons. The van der Waals surface area contributed by atoms with Crippen LogP contribution in [0, 0.1) is 11.3 Å². The van der Waals surface area contributed by atoms with E-state index in [0.29, 0.717) is 5.69 Å². The maximum absolute atomic E-state index is 11.5. The number of nitrogen functional groups attached to an aromatic ring is 2. The first kappa shape index (κ1) is 11.8. The number of carbonyl (C=O) groups excluding carboxylic acids is 1. The first-order valence-corrected chi connectivity index (χ1v) is 4.52. The second-order valence-electron chi connectivity index (χ2n) is 3.05. The number of nitrogens with zero attached hydrogens (tertiary/aromatic N) is 1. The van der Waals surface area contributed by atoms with E-state index in [2.05, 4.69) is 0 Å². The minimum atomic E-state index is -0.394. The summed E-state index contributed by atoms with van der Waals surface area (Å²) < 4.78 is 5.02. The van der Waals surface area contributed by atoms with Crippen LogP contribution in [-0.4, -0.2) is 12.5 Å². The largest absolute Gasteiger partial charge is 0.476 e. The van der Waals surface area contributed by atoms with Crippen LogP contribution in [0.2, 0.25) is 0 Å². The molecule has 0 fully saturated rings. The van der Waals surface area contributed by atoms with E-state index in [4.69, 9.17) is 27.2 Å². The highest BCUT2D eigenvalue weighted by Crippen LogP contribution is 2.29. The fourth-order valence-corrected chi connectivity index (χ4v) is 1.25. The van der Waals surface area contributed by atoms with E-state index >= 15 is 0 Å². The number of hydrogen-bond acceptors (Lipinski definition) is 6. The number of anilines is 2. The molecule has 0 saturated carbocycles. The molecule has 0 aromatic heterocycles. The van der Waals surface area contributed by atoms with Gasteiger partial charge >= 0.3 is 0 Å². The Hall–Kier alpha value is -2.26. The Balaban J connectivity index is 3.19. The summed E-state index contributed by atoms with van der Waals surface area (Å²) in [5, 5.41) is 8.44. The number of carbonyl (C=O) groups is 1. The average molecular weight is 220 g/mol. The fourth-order valence-electron chi connectivity index (χ4n) is 1.25. The average Bonchev–Trinajstić information content (AvgIpc) is 2.23. The van der Waals surface area contributed by atoms with Crippen molar-refractivity contribution in [2.24, 2.45) is 5.73 Å². The maximum Gasteiger partial charge on any atom is 0.179 e. The standard InChI is InChI=1S/C10H12N4O2/c11-2-1-8(15)7-3-6(13)4-9(10(7)14)16-5-12/h3-4H,1,5,12-14H2. The Kier molecular flexibility index (Phi) is 3.69. The van der Waals surface area contributed by atoms with Gasteiger partial charge in [-0.1, -0.05) is 0 Å². The Morgan fingerprint density at radius 3 is 2.69 bits per heavy atom. The van der Waals surface area contributed by atoms with Crippen LogP contribution in [0.25, 0.3) is 0 Å². The second kappa shape index (κ2) is 5.00. The molecule has 0 amide bonds. The Morgan fingerprint density at radius 1 is 1.44 bits per heavy atom. The summed E-state index contributed by atoms with van der Waals surface area (Å²) in [5.74, 6) is -0.141. The zero-order valence-electron chi connectivity index (χ0n) is 8.56. The van der Waals surface area contributed by atoms with E-state index in [9.17, 15) is 4.79 Å². The van der Waals surface area contributed by atoms with Gasteiger partial charge in [0.25, 0.3) is 0 Å². The molecule has 0 spiro atoms. The molecule has 1 aromatic carbocycles. The van der Waals surface area contributed by atoms with E-state index in [0.717, 1.165) is 0 Å². The van der Waals surface area contributed by atoms with Crippen molar-refractivity contribution in [1.29, 1.82) is 5.26 Å². The third kappa shape index (κ3) is 2.40. The lowest BCUT2D eigenvalue weighted by molar-refractivity contribution is 0.0998. The van der Waals surface area contributed by atoms with Gasteiger partial charge in [0, 0.05) is 17.3 Å². The molecule has 0 unspecified atom stereocenters. The molecule has 0 aliphatic rings. The smallest absolute Gasteiger partial charge is 0.179 e. The van der Waals surface area contributed by atoms with Gasteiger partial charge in [-0.25, -0.2) is 0 Å². The van der Waals surface area contributed by atoms with Crippen LogP contribution < -0.4 is 21.9 Å². The molecule has 1 aromatic rings. The van der Waals surface area contributed by atoms with Crippen molar-refractivity contribution in [2.45, 2.75) is 6.42 Å². The lowest BCUT2D eigenvalue weighted by atomic mass is 10.1. The predicted molar refractivity (Wildman–Crippen MR) is 59.5 cm³/mol. The van der Waals surface area contributed by atoms with Crippen LogP contribution in [0.1, 0.15) is 16.8 Å². The number of rotatable bonds is 4. The molecule has 0 aliphatic carbocycles. The summed E-state index contributed by atoms with van der Waals surface area (Å²) in [6, 6.07) is 4.65. The Bertz CT molecular complexity index is 451. The molecular weight excluding hydrogens is 208 g/mol. The van der Waals surface area contributed by atoms with Crippen LogP contribution in [0.5, 0.6) is 5.75 Å². The van der Waals surface area contributed by atoms with Crippen molar-refractivity contribution in [1.82, 2.24) is 0 Å². The van der Waals surface area contributed by atoms with Crippen LogP contribution in [0.3, 0.4) is 0 Å². The molecule has 6 nitrogen and oxygen atoms in total. The van der Waals surface area contributed by atoms with Gasteiger partial charge in [-0.3, -0.25) is 10.5 Å². The topological polar surface area (TPSA) is 128 Å². The summed E-state index contributed by atoms with van der Waals surface area (Å²) in [7, 11) is 0. The van der Waals surface area contributed by atoms with Gasteiger partial charge in [-0.2, -0.15) is 5.26 Å². The van der Waals surface area contributed by atoms with Crippen molar-refractivity contribution in [3.05, 3.63) is 17.7 Å². The first-order valence-electron chi connectivity index (χ1n) is 4.52.